The fourth-order valence-corrected chi connectivity index (χ4v) is 1.92. The summed E-state index contributed by atoms with van der Waals surface area (Å²) in [6, 6.07) is 1.88. The van der Waals surface area contributed by atoms with Crippen LogP contribution in [0.2, 0.25) is 5.02 Å². The van der Waals surface area contributed by atoms with Crippen molar-refractivity contribution in [2.75, 3.05) is 5.33 Å². The fourth-order valence-electron chi connectivity index (χ4n) is 1.33. The van der Waals surface area contributed by atoms with Gasteiger partial charge in [-0.3, -0.25) is 4.98 Å². The fraction of sp³-hybridized carbons (Fsp3) is 0.300. The minimum atomic E-state index is 0.622. The molecule has 0 fully saturated rings. The molecule has 0 aliphatic carbocycles. The number of rotatable bonds is 4. The summed E-state index contributed by atoms with van der Waals surface area (Å²) in [7, 11) is 0. The van der Waals surface area contributed by atoms with E-state index in [1.165, 1.54) is 0 Å². The summed E-state index contributed by atoms with van der Waals surface area (Å²) in [5.41, 5.74) is 1.97. The predicted octanol–water partition coefficient (Wildman–Crippen LogP) is 2.31. The number of alkyl halides is 1. The van der Waals surface area contributed by atoms with Gasteiger partial charge in [0.2, 0.25) is 0 Å². The van der Waals surface area contributed by atoms with Gasteiger partial charge in [0, 0.05) is 30.3 Å². The smallest absolute Gasteiger partial charge is 0.0835 e. The molecule has 0 atom stereocenters. The molecule has 0 saturated carbocycles. The molecule has 0 amide bonds. The van der Waals surface area contributed by atoms with Gasteiger partial charge in [0.05, 0.1) is 17.3 Å². The second-order valence-electron chi connectivity index (χ2n) is 3.31. The summed E-state index contributed by atoms with van der Waals surface area (Å²) in [6.07, 6.45) is 6.16. The Hall–Kier alpha value is -0.940. The van der Waals surface area contributed by atoms with Crippen LogP contribution in [0, 0.1) is 0 Å². The number of pyridine rings is 1. The third-order valence-electron chi connectivity index (χ3n) is 2.13. The number of halogens is 2. The Balaban J connectivity index is 2.11. The second-order valence-corrected chi connectivity index (χ2v) is 4.51. The monoisotopic (exact) mass is 300 g/mol. The molecule has 0 unspecified atom stereocenters. The van der Waals surface area contributed by atoms with Crippen LogP contribution in [0.1, 0.15) is 11.3 Å². The van der Waals surface area contributed by atoms with Crippen molar-refractivity contribution in [2.45, 2.75) is 13.0 Å². The van der Waals surface area contributed by atoms with E-state index in [4.69, 9.17) is 11.6 Å². The molecule has 0 radical (unpaired) electrons. The van der Waals surface area contributed by atoms with Crippen LogP contribution >= 0.6 is 27.5 Å². The lowest BCUT2D eigenvalue weighted by molar-refractivity contribution is 0.649. The van der Waals surface area contributed by atoms with Gasteiger partial charge >= 0.3 is 0 Å². The number of hydrogen-bond acceptors (Lipinski definition) is 3. The van der Waals surface area contributed by atoms with Crippen LogP contribution in [0.3, 0.4) is 0 Å². The van der Waals surface area contributed by atoms with Crippen molar-refractivity contribution in [1.82, 2.24) is 20.0 Å². The Morgan fingerprint density at radius 2 is 2.31 bits per heavy atom. The summed E-state index contributed by atoms with van der Waals surface area (Å²) in [5, 5.41) is 9.64. The zero-order valence-electron chi connectivity index (χ0n) is 8.48. The van der Waals surface area contributed by atoms with Gasteiger partial charge in [0.25, 0.3) is 0 Å². The van der Waals surface area contributed by atoms with E-state index in [2.05, 4.69) is 31.2 Å². The van der Waals surface area contributed by atoms with E-state index < -0.39 is 0 Å². The lowest BCUT2D eigenvalue weighted by atomic mass is 10.3. The van der Waals surface area contributed by atoms with Crippen LogP contribution in [0.15, 0.2) is 24.7 Å². The largest absolute Gasteiger partial charge is 0.263 e. The van der Waals surface area contributed by atoms with Gasteiger partial charge in [-0.1, -0.05) is 32.7 Å². The van der Waals surface area contributed by atoms with E-state index in [1.807, 2.05) is 12.3 Å². The third kappa shape index (κ3) is 2.80. The summed E-state index contributed by atoms with van der Waals surface area (Å²) < 4.78 is 1.78. The van der Waals surface area contributed by atoms with Crippen LogP contribution in [-0.4, -0.2) is 25.3 Å². The molecule has 2 heterocycles. The first kappa shape index (κ1) is 11.5. The maximum atomic E-state index is 6.01. The molecular weight excluding hydrogens is 291 g/mol. The number of nitrogens with zero attached hydrogens (tertiary/aromatic N) is 4. The topological polar surface area (TPSA) is 43.6 Å². The Labute approximate surface area is 107 Å². The minimum absolute atomic E-state index is 0.622. The molecule has 0 aliphatic heterocycles. The molecule has 4 nitrogen and oxygen atoms in total. The van der Waals surface area contributed by atoms with Gasteiger partial charge in [-0.05, 0) is 11.6 Å². The van der Waals surface area contributed by atoms with Crippen LogP contribution < -0.4 is 0 Å². The number of aromatic nitrogens is 4. The second kappa shape index (κ2) is 5.41. The summed E-state index contributed by atoms with van der Waals surface area (Å²) >= 11 is 9.38. The lowest BCUT2D eigenvalue weighted by Crippen LogP contribution is -2.01. The van der Waals surface area contributed by atoms with Gasteiger partial charge < -0.3 is 0 Å². The van der Waals surface area contributed by atoms with Gasteiger partial charge in [0.15, 0.2) is 0 Å². The molecule has 0 spiro atoms. The van der Waals surface area contributed by atoms with Crippen molar-refractivity contribution in [3.05, 3.63) is 40.9 Å². The van der Waals surface area contributed by atoms with Gasteiger partial charge in [0.1, 0.15) is 0 Å². The maximum Gasteiger partial charge on any atom is 0.0835 e. The SMILES string of the molecule is Clc1cnccc1Cn1cc(CCBr)nn1. The van der Waals surface area contributed by atoms with Crippen LogP contribution in [-0.2, 0) is 13.0 Å². The summed E-state index contributed by atoms with van der Waals surface area (Å²) in [5.74, 6) is 0. The predicted molar refractivity (Wildman–Crippen MR) is 65.9 cm³/mol. The normalized spacial score (nSPS) is 10.6. The highest BCUT2D eigenvalue weighted by molar-refractivity contribution is 9.09. The Bertz CT molecular complexity index is 471. The van der Waals surface area contributed by atoms with Gasteiger partial charge in [-0.15, -0.1) is 5.10 Å². The first-order chi connectivity index (χ1) is 7.79. The highest BCUT2D eigenvalue weighted by Gasteiger charge is 2.03. The van der Waals surface area contributed by atoms with Crippen molar-refractivity contribution in [2.24, 2.45) is 0 Å². The van der Waals surface area contributed by atoms with E-state index in [9.17, 15) is 0 Å². The number of hydrogen-bond donors (Lipinski definition) is 0. The highest BCUT2D eigenvalue weighted by atomic mass is 79.9. The molecule has 0 N–H and O–H groups in total. The van der Waals surface area contributed by atoms with Crippen LogP contribution in [0.25, 0.3) is 0 Å². The highest BCUT2D eigenvalue weighted by Crippen LogP contribution is 2.14. The Kier molecular flexibility index (Phi) is 3.90. The quantitative estimate of drug-likeness (QED) is 0.814. The average molecular weight is 302 g/mol. The van der Waals surface area contributed by atoms with Crippen molar-refractivity contribution >= 4 is 27.5 Å². The molecule has 0 saturated heterocycles. The molecule has 2 aromatic rings. The van der Waals surface area contributed by atoms with Crippen LogP contribution in [0.5, 0.6) is 0 Å². The third-order valence-corrected chi connectivity index (χ3v) is 2.86. The van der Waals surface area contributed by atoms with Gasteiger partial charge in [-0.25, -0.2) is 4.68 Å². The van der Waals surface area contributed by atoms with Crippen molar-refractivity contribution in [3.63, 3.8) is 0 Å². The molecule has 2 aromatic heterocycles. The average Bonchev–Trinajstić information content (AvgIpc) is 2.70. The Morgan fingerprint density at radius 3 is 3.06 bits per heavy atom. The first-order valence-electron chi connectivity index (χ1n) is 4.83. The minimum Gasteiger partial charge on any atom is -0.263 e. The maximum absolute atomic E-state index is 6.01. The molecule has 2 rings (SSSR count). The standard InChI is InChI=1S/C10H10BrClN4/c11-3-1-9-7-16(15-14-9)6-8-2-4-13-5-10(8)12/h2,4-5,7H,1,3,6H2. The molecule has 0 aromatic carbocycles. The molecule has 6 heteroatoms. The lowest BCUT2D eigenvalue weighted by Gasteiger charge is -2.02. The Morgan fingerprint density at radius 1 is 1.44 bits per heavy atom. The molecule has 0 bridgehead atoms. The first-order valence-corrected chi connectivity index (χ1v) is 6.33. The van der Waals surface area contributed by atoms with Crippen molar-refractivity contribution < 1.29 is 0 Å². The van der Waals surface area contributed by atoms with Gasteiger partial charge in [-0.2, -0.15) is 0 Å². The van der Waals surface area contributed by atoms with E-state index in [0.717, 1.165) is 23.0 Å². The van der Waals surface area contributed by atoms with E-state index in [0.29, 0.717) is 11.6 Å². The molecule has 16 heavy (non-hydrogen) atoms. The molecular formula is C10H10BrClN4. The summed E-state index contributed by atoms with van der Waals surface area (Å²) in [6.45, 7) is 0.622. The van der Waals surface area contributed by atoms with E-state index in [1.54, 1.807) is 17.1 Å². The molecule has 0 aliphatic rings. The van der Waals surface area contributed by atoms with Crippen molar-refractivity contribution in [1.29, 1.82) is 0 Å². The number of aryl methyl sites for hydroxylation is 1. The van der Waals surface area contributed by atoms with Crippen molar-refractivity contribution in [3.8, 4) is 0 Å². The zero-order chi connectivity index (χ0) is 11.4. The molecule has 84 valence electrons. The zero-order valence-corrected chi connectivity index (χ0v) is 10.8. The van der Waals surface area contributed by atoms with Crippen LogP contribution in [0.4, 0.5) is 0 Å². The summed E-state index contributed by atoms with van der Waals surface area (Å²) in [4.78, 5) is 3.94. The van der Waals surface area contributed by atoms with E-state index in [-0.39, 0.29) is 0 Å². The van der Waals surface area contributed by atoms with E-state index >= 15 is 0 Å².